The predicted octanol–water partition coefficient (Wildman–Crippen LogP) is 2.43. The summed E-state index contributed by atoms with van der Waals surface area (Å²) in [6, 6.07) is -0.503. The van der Waals surface area contributed by atoms with Crippen LogP contribution >= 0.6 is 0 Å². The number of halogens is 2. The van der Waals surface area contributed by atoms with Gasteiger partial charge < -0.3 is 20.3 Å². The summed E-state index contributed by atoms with van der Waals surface area (Å²) in [6.07, 6.45) is 3.09. The summed E-state index contributed by atoms with van der Waals surface area (Å²) >= 11 is 0. The highest BCUT2D eigenvalue weighted by Crippen LogP contribution is 2.43. The standard InChI is InChI=1S/C20H27F2N7O2/c1-11-15-17(28(3)16(12(2)31-4)18(30)26-15)27-19(25-11)23-7-14-8-24-29(10-14)9-13-5-20(21,22)6-13/h8,10,12-13,16H,5-7,9H2,1-4H3,(H,26,30)(H,23,25,27). The number of nitrogens with one attached hydrogen (secondary N) is 2. The number of likely N-dealkylation sites (N-methyl/N-ethyl adjacent to an activating group) is 1. The number of fused-ring (bicyclic) bond motifs is 1. The largest absolute Gasteiger partial charge is 0.379 e. The number of methoxy groups -OCH3 is 1. The molecule has 1 aliphatic heterocycles. The van der Waals surface area contributed by atoms with Gasteiger partial charge in [0.15, 0.2) is 5.82 Å². The molecule has 1 saturated carbocycles. The molecule has 168 valence electrons. The van der Waals surface area contributed by atoms with E-state index in [1.807, 2.05) is 27.1 Å². The van der Waals surface area contributed by atoms with Crippen LogP contribution in [0, 0.1) is 12.8 Å². The molecular weight excluding hydrogens is 408 g/mol. The van der Waals surface area contributed by atoms with Crippen LogP contribution in [-0.2, 0) is 22.6 Å². The molecule has 2 aromatic heterocycles. The van der Waals surface area contributed by atoms with Gasteiger partial charge in [-0.25, -0.2) is 13.8 Å². The Hall–Kier alpha value is -2.82. The molecule has 0 radical (unpaired) electrons. The lowest BCUT2D eigenvalue weighted by atomic mass is 9.81. The molecule has 4 rings (SSSR count). The van der Waals surface area contributed by atoms with Crippen LogP contribution < -0.4 is 15.5 Å². The van der Waals surface area contributed by atoms with Crippen molar-refractivity contribution in [3.05, 3.63) is 23.7 Å². The van der Waals surface area contributed by atoms with Crippen molar-refractivity contribution in [3.63, 3.8) is 0 Å². The number of rotatable bonds is 7. The second-order valence-corrected chi connectivity index (χ2v) is 8.37. The summed E-state index contributed by atoms with van der Waals surface area (Å²) < 4.78 is 33.1. The summed E-state index contributed by atoms with van der Waals surface area (Å²) in [5.41, 5.74) is 2.14. The normalized spacial score (nSPS) is 21.3. The SMILES string of the molecule is COC(C)C1C(=O)Nc2c(C)nc(NCc3cnn(CC4CC(F)(F)C4)c3)nc2N1C. The van der Waals surface area contributed by atoms with Crippen LogP contribution in [0.2, 0.25) is 0 Å². The number of aromatic nitrogens is 4. The molecule has 2 unspecified atom stereocenters. The molecule has 31 heavy (non-hydrogen) atoms. The first-order valence-corrected chi connectivity index (χ1v) is 10.2. The molecule has 1 amide bonds. The first kappa shape index (κ1) is 21.4. The topological polar surface area (TPSA) is 97.2 Å². The highest BCUT2D eigenvalue weighted by atomic mass is 19.3. The molecule has 11 heteroatoms. The van der Waals surface area contributed by atoms with Crippen LogP contribution in [0.3, 0.4) is 0 Å². The molecule has 1 aliphatic carbocycles. The summed E-state index contributed by atoms with van der Waals surface area (Å²) in [6.45, 7) is 4.58. The van der Waals surface area contributed by atoms with Gasteiger partial charge in [-0.1, -0.05) is 0 Å². The van der Waals surface area contributed by atoms with Gasteiger partial charge in [-0.15, -0.1) is 0 Å². The third-order valence-corrected chi connectivity index (χ3v) is 5.91. The Kier molecular flexibility index (Phi) is 5.54. The van der Waals surface area contributed by atoms with Gasteiger partial charge in [0, 0.05) is 51.8 Å². The number of amides is 1. The van der Waals surface area contributed by atoms with Crippen LogP contribution in [-0.4, -0.2) is 57.9 Å². The Morgan fingerprint density at radius 2 is 2.13 bits per heavy atom. The zero-order chi connectivity index (χ0) is 22.3. The number of nitrogens with zero attached hydrogens (tertiary/aromatic N) is 5. The van der Waals surface area contributed by atoms with Gasteiger partial charge in [-0.3, -0.25) is 9.48 Å². The lowest BCUT2D eigenvalue weighted by Crippen LogP contribution is -2.53. The fraction of sp³-hybridized carbons (Fsp3) is 0.600. The summed E-state index contributed by atoms with van der Waals surface area (Å²) in [5, 5.41) is 10.3. The molecule has 0 aromatic carbocycles. The van der Waals surface area contributed by atoms with E-state index in [-0.39, 0.29) is 30.8 Å². The average molecular weight is 435 g/mol. The van der Waals surface area contributed by atoms with Crippen LogP contribution in [0.1, 0.15) is 31.0 Å². The van der Waals surface area contributed by atoms with Gasteiger partial charge in [-0.2, -0.15) is 10.1 Å². The molecule has 3 heterocycles. The van der Waals surface area contributed by atoms with E-state index in [0.717, 1.165) is 5.56 Å². The maximum atomic E-state index is 13.0. The fourth-order valence-electron chi connectivity index (χ4n) is 4.16. The van der Waals surface area contributed by atoms with Crippen molar-refractivity contribution in [1.29, 1.82) is 0 Å². The van der Waals surface area contributed by atoms with Crippen molar-refractivity contribution in [2.75, 3.05) is 29.7 Å². The fourth-order valence-corrected chi connectivity index (χ4v) is 4.16. The first-order valence-electron chi connectivity index (χ1n) is 10.2. The van der Waals surface area contributed by atoms with Crippen LogP contribution in [0.4, 0.5) is 26.2 Å². The zero-order valence-electron chi connectivity index (χ0n) is 18.0. The monoisotopic (exact) mass is 435 g/mol. The maximum Gasteiger partial charge on any atom is 0.249 e. The maximum absolute atomic E-state index is 13.0. The minimum Gasteiger partial charge on any atom is -0.379 e. The summed E-state index contributed by atoms with van der Waals surface area (Å²) in [7, 11) is 3.37. The smallest absolute Gasteiger partial charge is 0.249 e. The number of anilines is 3. The molecule has 0 spiro atoms. The van der Waals surface area contributed by atoms with E-state index in [2.05, 4.69) is 25.7 Å². The van der Waals surface area contributed by atoms with E-state index < -0.39 is 12.0 Å². The Labute approximate surface area is 179 Å². The van der Waals surface area contributed by atoms with Crippen LogP contribution in [0.5, 0.6) is 0 Å². The number of carbonyl (C=O) groups is 1. The molecule has 2 N–H and O–H groups in total. The molecule has 9 nitrogen and oxygen atoms in total. The van der Waals surface area contributed by atoms with Gasteiger partial charge in [0.2, 0.25) is 17.8 Å². The molecule has 2 aliphatic rings. The first-order chi connectivity index (χ1) is 14.7. The van der Waals surface area contributed by atoms with Gasteiger partial charge in [0.05, 0.1) is 18.0 Å². The average Bonchev–Trinajstić information content (AvgIpc) is 3.13. The third kappa shape index (κ3) is 4.32. The number of aryl methyl sites for hydroxylation is 1. The van der Waals surface area contributed by atoms with E-state index >= 15 is 0 Å². The van der Waals surface area contributed by atoms with Crippen molar-refractivity contribution < 1.29 is 18.3 Å². The van der Waals surface area contributed by atoms with Gasteiger partial charge >= 0.3 is 0 Å². The summed E-state index contributed by atoms with van der Waals surface area (Å²) in [5.74, 6) is -1.67. The van der Waals surface area contributed by atoms with Crippen molar-refractivity contribution in [2.24, 2.45) is 5.92 Å². The lowest BCUT2D eigenvalue weighted by molar-refractivity contribution is -0.120. The predicted molar refractivity (Wildman–Crippen MR) is 111 cm³/mol. The third-order valence-electron chi connectivity index (χ3n) is 5.91. The highest BCUT2D eigenvalue weighted by Gasteiger charge is 2.45. The van der Waals surface area contributed by atoms with Crippen molar-refractivity contribution in [2.45, 2.75) is 57.8 Å². The molecular formula is C20H27F2N7O2. The Morgan fingerprint density at radius 3 is 2.81 bits per heavy atom. The van der Waals surface area contributed by atoms with Crippen molar-refractivity contribution in [1.82, 2.24) is 19.7 Å². The van der Waals surface area contributed by atoms with Crippen LogP contribution in [0.25, 0.3) is 0 Å². The minimum absolute atomic E-state index is 0.0319. The van der Waals surface area contributed by atoms with Crippen molar-refractivity contribution >= 4 is 23.4 Å². The lowest BCUT2D eigenvalue weighted by Gasteiger charge is -2.37. The van der Waals surface area contributed by atoms with E-state index in [4.69, 9.17) is 4.74 Å². The number of alkyl halides is 2. The second-order valence-electron chi connectivity index (χ2n) is 8.37. The van der Waals surface area contributed by atoms with E-state index in [1.54, 1.807) is 22.9 Å². The Balaban J connectivity index is 1.43. The van der Waals surface area contributed by atoms with Gasteiger partial charge in [0.1, 0.15) is 11.7 Å². The van der Waals surface area contributed by atoms with E-state index in [1.165, 1.54) is 0 Å². The Morgan fingerprint density at radius 1 is 1.39 bits per heavy atom. The second kappa shape index (κ2) is 8.03. The zero-order valence-corrected chi connectivity index (χ0v) is 18.0. The molecule has 2 atom stereocenters. The van der Waals surface area contributed by atoms with Gasteiger partial charge in [0.25, 0.3) is 0 Å². The number of ether oxygens (including phenoxy) is 1. The molecule has 0 saturated heterocycles. The number of carbonyl (C=O) groups excluding carboxylic acids is 1. The molecule has 1 fully saturated rings. The van der Waals surface area contributed by atoms with Gasteiger partial charge in [-0.05, 0) is 19.8 Å². The minimum atomic E-state index is -2.52. The highest BCUT2D eigenvalue weighted by molar-refractivity contribution is 6.03. The number of hydrogen-bond acceptors (Lipinski definition) is 7. The molecule has 2 aromatic rings. The van der Waals surface area contributed by atoms with E-state index in [9.17, 15) is 13.6 Å². The summed E-state index contributed by atoms with van der Waals surface area (Å²) in [4.78, 5) is 23.3. The Bertz CT molecular complexity index is 972. The van der Waals surface area contributed by atoms with Crippen molar-refractivity contribution in [3.8, 4) is 0 Å². The molecule has 0 bridgehead atoms. The number of hydrogen-bond donors (Lipinski definition) is 2. The quantitative estimate of drug-likeness (QED) is 0.689. The van der Waals surface area contributed by atoms with Crippen LogP contribution in [0.15, 0.2) is 12.4 Å². The van der Waals surface area contributed by atoms with E-state index in [0.29, 0.717) is 36.2 Å².